The number of anilines is 2. The summed E-state index contributed by atoms with van der Waals surface area (Å²) >= 11 is 11.6. The summed E-state index contributed by atoms with van der Waals surface area (Å²) < 4.78 is 12.8. The van der Waals surface area contributed by atoms with E-state index in [1.807, 2.05) is 0 Å². The van der Waals surface area contributed by atoms with Crippen LogP contribution in [-0.4, -0.2) is 11.0 Å². The molecule has 0 heterocycles. The molecule has 0 radical (unpaired) electrons. The van der Waals surface area contributed by atoms with Crippen LogP contribution in [0.3, 0.4) is 0 Å². The van der Waals surface area contributed by atoms with Crippen molar-refractivity contribution in [2.45, 2.75) is 0 Å². The van der Waals surface area contributed by atoms with Gasteiger partial charge >= 0.3 is 0 Å². The number of nitrogens with one attached hydrogen (secondary N) is 1. The van der Waals surface area contributed by atoms with Crippen LogP contribution < -0.4 is 11.1 Å². The summed E-state index contributed by atoms with van der Waals surface area (Å²) in [4.78, 5) is 12.1. The first-order valence-corrected chi connectivity index (χ1v) is 6.19. The van der Waals surface area contributed by atoms with E-state index in [2.05, 4.69) is 5.32 Å². The molecule has 1 amide bonds. The molecule has 0 aromatic heterocycles. The summed E-state index contributed by atoms with van der Waals surface area (Å²) in [5.74, 6) is -1.48. The first-order chi connectivity index (χ1) is 9.40. The van der Waals surface area contributed by atoms with Gasteiger partial charge in [0.2, 0.25) is 0 Å². The molecule has 0 bridgehead atoms. The Kier molecular flexibility index (Phi) is 4.01. The van der Waals surface area contributed by atoms with Crippen LogP contribution in [0.2, 0.25) is 10.0 Å². The normalized spacial score (nSPS) is 10.3. The lowest BCUT2D eigenvalue weighted by molar-refractivity contribution is 0.102. The van der Waals surface area contributed by atoms with Gasteiger partial charge in [-0.05, 0) is 30.3 Å². The fourth-order valence-electron chi connectivity index (χ4n) is 1.59. The van der Waals surface area contributed by atoms with Gasteiger partial charge < -0.3 is 16.2 Å². The van der Waals surface area contributed by atoms with Crippen molar-refractivity contribution in [2.75, 3.05) is 11.1 Å². The summed E-state index contributed by atoms with van der Waals surface area (Å²) in [6.07, 6.45) is 0. The average molecular weight is 315 g/mol. The summed E-state index contributed by atoms with van der Waals surface area (Å²) in [5.41, 5.74) is 5.67. The van der Waals surface area contributed by atoms with E-state index >= 15 is 0 Å². The van der Waals surface area contributed by atoms with Crippen molar-refractivity contribution in [1.82, 2.24) is 0 Å². The number of hydrogen-bond acceptors (Lipinski definition) is 3. The first kappa shape index (κ1) is 14.4. The predicted octanol–water partition coefficient (Wildman–Crippen LogP) is 3.67. The van der Waals surface area contributed by atoms with Crippen molar-refractivity contribution >= 4 is 40.5 Å². The molecule has 20 heavy (non-hydrogen) atoms. The van der Waals surface area contributed by atoms with Crippen LogP contribution in [0.15, 0.2) is 30.3 Å². The number of nitrogens with two attached hydrogens (primary N) is 1. The van der Waals surface area contributed by atoms with Crippen LogP contribution in [0.5, 0.6) is 5.75 Å². The van der Waals surface area contributed by atoms with E-state index in [0.29, 0.717) is 5.69 Å². The Balaban J connectivity index is 2.34. The van der Waals surface area contributed by atoms with Gasteiger partial charge in [-0.15, -0.1) is 0 Å². The van der Waals surface area contributed by atoms with Gasteiger partial charge in [0.15, 0.2) is 5.75 Å². The van der Waals surface area contributed by atoms with Crippen molar-refractivity contribution in [3.8, 4) is 5.75 Å². The maximum atomic E-state index is 12.8. The highest BCUT2D eigenvalue weighted by Crippen LogP contribution is 2.37. The maximum absolute atomic E-state index is 12.8. The van der Waals surface area contributed by atoms with Crippen LogP contribution in [-0.2, 0) is 0 Å². The minimum Gasteiger partial charge on any atom is -0.504 e. The van der Waals surface area contributed by atoms with Crippen LogP contribution in [0.1, 0.15) is 10.4 Å². The van der Waals surface area contributed by atoms with Crippen LogP contribution in [0.25, 0.3) is 0 Å². The molecule has 0 aliphatic rings. The van der Waals surface area contributed by atoms with Gasteiger partial charge in [0.1, 0.15) is 5.82 Å². The van der Waals surface area contributed by atoms with Crippen LogP contribution in [0, 0.1) is 5.82 Å². The number of nitrogen functional groups attached to an aromatic ring is 1. The molecule has 0 saturated carbocycles. The second kappa shape index (κ2) is 5.56. The quantitative estimate of drug-likeness (QED) is 0.584. The zero-order chi connectivity index (χ0) is 14.9. The third-order valence-corrected chi connectivity index (χ3v) is 3.16. The van der Waals surface area contributed by atoms with Gasteiger partial charge in [0.25, 0.3) is 5.91 Å². The van der Waals surface area contributed by atoms with Gasteiger partial charge in [-0.2, -0.15) is 0 Å². The molecule has 0 spiro atoms. The molecule has 0 fully saturated rings. The number of carbonyl (C=O) groups is 1. The molecule has 0 atom stereocenters. The van der Waals surface area contributed by atoms with E-state index in [1.54, 1.807) is 0 Å². The lowest BCUT2D eigenvalue weighted by atomic mass is 10.1. The van der Waals surface area contributed by atoms with Gasteiger partial charge in [0.05, 0.1) is 21.3 Å². The van der Waals surface area contributed by atoms with Gasteiger partial charge in [-0.3, -0.25) is 4.79 Å². The molecule has 0 unspecified atom stereocenters. The molecule has 0 aliphatic heterocycles. The number of aromatic hydroxyl groups is 1. The van der Waals surface area contributed by atoms with Crippen molar-refractivity contribution < 1.29 is 14.3 Å². The third-order valence-electron chi connectivity index (χ3n) is 2.57. The molecule has 7 heteroatoms. The summed E-state index contributed by atoms with van der Waals surface area (Å²) in [6.45, 7) is 0. The molecule has 0 aliphatic carbocycles. The Labute approximate surface area is 123 Å². The lowest BCUT2D eigenvalue weighted by Gasteiger charge is -2.11. The highest BCUT2D eigenvalue weighted by Gasteiger charge is 2.19. The summed E-state index contributed by atoms with van der Waals surface area (Å²) in [6, 6.07) is 6.37. The minimum atomic E-state index is -0.633. The molecular formula is C13H9Cl2FN2O2. The smallest absolute Gasteiger partial charge is 0.259 e. The topological polar surface area (TPSA) is 75.3 Å². The third kappa shape index (κ3) is 2.79. The number of carbonyl (C=O) groups excluding carboxylic acids is 1. The van der Waals surface area contributed by atoms with Crippen molar-refractivity contribution in [3.05, 3.63) is 51.8 Å². The first-order valence-electron chi connectivity index (χ1n) is 5.43. The summed E-state index contributed by atoms with van der Waals surface area (Å²) in [5, 5.41) is 12.1. The molecule has 104 valence electrons. The Bertz CT molecular complexity index is 675. The number of phenols is 1. The fraction of sp³-hybridized carbons (Fsp3) is 0. The van der Waals surface area contributed by atoms with Crippen molar-refractivity contribution in [3.63, 3.8) is 0 Å². The Morgan fingerprint density at radius 3 is 2.40 bits per heavy atom. The average Bonchev–Trinajstić information content (AvgIpc) is 2.39. The Hall–Kier alpha value is -1.98. The molecular weight excluding hydrogens is 306 g/mol. The zero-order valence-electron chi connectivity index (χ0n) is 9.95. The zero-order valence-corrected chi connectivity index (χ0v) is 11.5. The highest BCUT2D eigenvalue weighted by molar-refractivity contribution is 6.39. The van der Waals surface area contributed by atoms with Crippen molar-refractivity contribution in [2.24, 2.45) is 0 Å². The Morgan fingerprint density at radius 1 is 1.20 bits per heavy atom. The number of rotatable bonds is 2. The lowest BCUT2D eigenvalue weighted by Crippen LogP contribution is -2.15. The standard InChI is InChI=1S/C13H9Cl2FN2O2/c14-8-5-9(15)12(19)11(17)10(8)13(20)18-7-3-1-6(16)2-4-7/h1-5,19H,17H2,(H,18,20). The second-order valence-electron chi connectivity index (χ2n) is 3.94. The molecule has 2 aromatic rings. The predicted molar refractivity (Wildman–Crippen MR) is 76.9 cm³/mol. The molecule has 2 aromatic carbocycles. The van der Waals surface area contributed by atoms with E-state index in [4.69, 9.17) is 28.9 Å². The summed E-state index contributed by atoms with van der Waals surface area (Å²) in [7, 11) is 0. The van der Waals surface area contributed by atoms with Gasteiger partial charge in [-0.1, -0.05) is 23.2 Å². The number of amides is 1. The Morgan fingerprint density at radius 2 is 1.80 bits per heavy atom. The maximum Gasteiger partial charge on any atom is 0.259 e. The largest absolute Gasteiger partial charge is 0.504 e. The van der Waals surface area contributed by atoms with E-state index < -0.39 is 17.5 Å². The SMILES string of the molecule is Nc1c(O)c(Cl)cc(Cl)c1C(=O)Nc1ccc(F)cc1. The van der Waals surface area contributed by atoms with E-state index in [-0.39, 0.29) is 21.3 Å². The van der Waals surface area contributed by atoms with Crippen LogP contribution >= 0.6 is 23.2 Å². The van der Waals surface area contributed by atoms with Crippen molar-refractivity contribution in [1.29, 1.82) is 0 Å². The number of halogens is 3. The van der Waals surface area contributed by atoms with E-state index in [0.717, 1.165) is 0 Å². The number of benzene rings is 2. The van der Waals surface area contributed by atoms with E-state index in [9.17, 15) is 14.3 Å². The minimum absolute atomic E-state index is 0.00455. The van der Waals surface area contributed by atoms with Gasteiger partial charge in [-0.25, -0.2) is 4.39 Å². The molecule has 4 nitrogen and oxygen atoms in total. The number of hydrogen-bond donors (Lipinski definition) is 3. The fourth-order valence-corrected chi connectivity index (χ4v) is 2.15. The van der Waals surface area contributed by atoms with Gasteiger partial charge in [0, 0.05) is 5.69 Å². The molecule has 0 saturated heterocycles. The van der Waals surface area contributed by atoms with E-state index in [1.165, 1.54) is 30.3 Å². The second-order valence-corrected chi connectivity index (χ2v) is 4.75. The monoisotopic (exact) mass is 314 g/mol. The molecule has 2 rings (SSSR count). The number of phenolic OH excluding ortho intramolecular Hbond substituents is 1. The molecule has 4 N–H and O–H groups in total. The highest BCUT2D eigenvalue weighted by atomic mass is 35.5. The van der Waals surface area contributed by atoms with Crippen LogP contribution in [0.4, 0.5) is 15.8 Å².